The summed E-state index contributed by atoms with van der Waals surface area (Å²) in [5.74, 6) is 0.752. The fraction of sp³-hybridized carbons (Fsp3) is 0.375. The summed E-state index contributed by atoms with van der Waals surface area (Å²) in [7, 11) is 0. The highest BCUT2D eigenvalue weighted by atomic mass is 19.1. The fourth-order valence-electron chi connectivity index (χ4n) is 5.66. The summed E-state index contributed by atoms with van der Waals surface area (Å²) in [6.07, 6.45) is 4.32. The summed E-state index contributed by atoms with van der Waals surface area (Å²) in [4.78, 5) is 2.26. The van der Waals surface area contributed by atoms with Crippen molar-refractivity contribution >= 4 is 16.8 Å². The molecule has 1 heterocycles. The van der Waals surface area contributed by atoms with E-state index < -0.39 is 0 Å². The topological polar surface area (TPSA) is 47.7 Å². The Morgan fingerprint density at radius 1 is 1.00 bits per heavy atom. The zero-order chi connectivity index (χ0) is 26.5. The van der Waals surface area contributed by atoms with Crippen LogP contribution in [0.1, 0.15) is 54.9 Å². The van der Waals surface area contributed by atoms with E-state index in [0.29, 0.717) is 13.0 Å². The van der Waals surface area contributed by atoms with Crippen molar-refractivity contribution in [3.63, 3.8) is 0 Å². The van der Waals surface area contributed by atoms with Gasteiger partial charge in [0.05, 0.1) is 13.3 Å². The molecule has 1 atom stereocenters. The average Bonchev–Trinajstić information content (AvgIpc) is 3.28. The molecule has 1 unspecified atom stereocenters. The van der Waals surface area contributed by atoms with Gasteiger partial charge in [0.15, 0.2) is 11.6 Å². The van der Waals surface area contributed by atoms with Gasteiger partial charge >= 0.3 is 0 Å². The molecule has 0 aromatic heterocycles. The molecule has 1 saturated heterocycles. The van der Waals surface area contributed by atoms with Gasteiger partial charge in [0.2, 0.25) is 0 Å². The first kappa shape index (κ1) is 26.2. The molecule has 200 valence electrons. The van der Waals surface area contributed by atoms with Gasteiger partial charge in [0.25, 0.3) is 0 Å². The second-order valence-corrected chi connectivity index (χ2v) is 10.1. The Morgan fingerprint density at radius 3 is 2.58 bits per heavy atom. The highest BCUT2D eigenvalue weighted by Gasteiger charge is 2.24. The molecular formula is C32H36F2N2O2. The summed E-state index contributed by atoms with van der Waals surface area (Å²) in [5.41, 5.74) is 13.4. The van der Waals surface area contributed by atoms with Gasteiger partial charge in [-0.1, -0.05) is 24.3 Å². The normalized spacial score (nSPS) is 17.8. The molecular weight excluding hydrogens is 482 g/mol. The number of anilines is 1. The summed E-state index contributed by atoms with van der Waals surface area (Å²) in [6, 6.07) is 19.6. The number of aryl methyl sites for hydroxylation is 1. The predicted molar refractivity (Wildman–Crippen MR) is 150 cm³/mol. The number of alkyl halides is 1. The van der Waals surface area contributed by atoms with Gasteiger partial charge in [-0.15, -0.1) is 0 Å². The van der Waals surface area contributed by atoms with E-state index in [-0.39, 0.29) is 24.3 Å². The number of hydrogen-bond donors (Lipinski definition) is 1. The van der Waals surface area contributed by atoms with Crippen LogP contribution in [0.4, 0.5) is 14.5 Å². The van der Waals surface area contributed by atoms with Crippen molar-refractivity contribution in [2.45, 2.75) is 45.1 Å². The number of ether oxygens (including phenoxy) is 2. The van der Waals surface area contributed by atoms with Crippen LogP contribution in [0.25, 0.3) is 11.1 Å². The van der Waals surface area contributed by atoms with Crippen LogP contribution in [0.15, 0.2) is 60.7 Å². The molecule has 0 bridgehead atoms. The molecule has 2 aliphatic rings. The predicted octanol–water partition coefficient (Wildman–Crippen LogP) is 6.91. The van der Waals surface area contributed by atoms with Crippen molar-refractivity contribution < 1.29 is 18.3 Å². The van der Waals surface area contributed by atoms with Crippen molar-refractivity contribution in [3.05, 3.63) is 88.7 Å². The van der Waals surface area contributed by atoms with E-state index in [1.54, 1.807) is 12.1 Å². The van der Waals surface area contributed by atoms with Gasteiger partial charge in [0.1, 0.15) is 11.9 Å². The number of allylic oxidation sites excluding steroid dienone is 1. The molecule has 6 heteroatoms. The maximum absolute atomic E-state index is 14.9. The van der Waals surface area contributed by atoms with Crippen LogP contribution < -0.4 is 15.2 Å². The zero-order valence-corrected chi connectivity index (χ0v) is 22.0. The largest absolute Gasteiger partial charge is 0.491 e. The summed E-state index contributed by atoms with van der Waals surface area (Å²) < 4.78 is 39.2. The first-order valence-corrected chi connectivity index (χ1v) is 13.7. The van der Waals surface area contributed by atoms with E-state index in [1.807, 2.05) is 31.2 Å². The Morgan fingerprint density at radius 2 is 1.82 bits per heavy atom. The molecule has 1 fully saturated rings. The Bertz CT molecular complexity index is 1290. The van der Waals surface area contributed by atoms with Crippen molar-refractivity contribution in [2.75, 3.05) is 38.6 Å². The van der Waals surface area contributed by atoms with Gasteiger partial charge < -0.3 is 15.2 Å². The van der Waals surface area contributed by atoms with Crippen molar-refractivity contribution in [3.8, 4) is 11.5 Å². The Balaban J connectivity index is 1.48. The van der Waals surface area contributed by atoms with E-state index >= 15 is 0 Å². The molecule has 4 nitrogen and oxygen atoms in total. The van der Waals surface area contributed by atoms with Crippen LogP contribution >= 0.6 is 0 Å². The van der Waals surface area contributed by atoms with E-state index in [4.69, 9.17) is 15.2 Å². The minimum atomic E-state index is -0.348. The molecule has 0 spiro atoms. The lowest BCUT2D eigenvalue weighted by Gasteiger charge is -2.19. The molecule has 3 aromatic carbocycles. The molecule has 0 amide bonds. The number of nitrogen functional groups attached to an aromatic ring is 1. The summed E-state index contributed by atoms with van der Waals surface area (Å²) in [6.45, 7) is 4.55. The lowest BCUT2D eigenvalue weighted by Crippen LogP contribution is -2.26. The molecule has 1 aliphatic heterocycles. The number of rotatable bonds is 9. The van der Waals surface area contributed by atoms with Gasteiger partial charge in [-0.2, -0.15) is 0 Å². The van der Waals surface area contributed by atoms with Gasteiger partial charge in [-0.05, 0) is 109 Å². The number of hydrogen-bond acceptors (Lipinski definition) is 4. The van der Waals surface area contributed by atoms with E-state index in [2.05, 4.69) is 29.2 Å². The van der Waals surface area contributed by atoms with Crippen LogP contribution in [-0.2, 0) is 6.42 Å². The maximum Gasteiger partial charge on any atom is 0.165 e. The molecule has 1 aliphatic carbocycles. The molecule has 0 saturated carbocycles. The third-order valence-corrected chi connectivity index (χ3v) is 7.44. The number of likely N-dealkylation sites (tertiary alicyclic amines) is 1. The maximum atomic E-state index is 14.9. The lowest BCUT2D eigenvalue weighted by atomic mass is 9.87. The van der Waals surface area contributed by atoms with Gasteiger partial charge in [-0.25, -0.2) is 4.39 Å². The third kappa shape index (κ3) is 5.86. The molecule has 0 radical (unpaired) electrons. The lowest BCUT2D eigenvalue weighted by molar-refractivity contribution is 0.198. The van der Waals surface area contributed by atoms with Crippen LogP contribution in [-0.4, -0.2) is 43.9 Å². The van der Waals surface area contributed by atoms with Gasteiger partial charge in [-0.3, -0.25) is 9.29 Å². The van der Waals surface area contributed by atoms with E-state index in [0.717, 1.165) is 84.6 Å². The van der Waals surface area contributed by atoms with Crippen molar-refractivity contribution in [1.82, 2.24) is 4.90 Å². The molecule has 38 heavy (non-hydrogen) atoms. The summed E-state index contributed by atoms with van der Waals surface area (Å²) >= 11 is 0. The highest BCUT2D eigenvalue weighted by Crippen LogP contribution is 2.41. The third-order valence-electron chi connectivity index (χ3n) is 7.44. The Hall–Kier alpha value is -3.38. The van der Waals surface area contributed by atoms with Crippen molar-refractivity contribution in [1.29, 1.82) is 0 Å². The van der Waals surface area contributed by atoms with E-state index in [1.165, 1.54) is 5.56 Å². The minimum Gasteiger partial charge on any atom is -0.491 e. The second-order valence-electron chi connectivity index (χ2n) is 10.1. The smallest absolute Gasteiger partial charge is 0.165 e. The number of fused-ring (bicyclic) bond motifs is 1. The van der Waals surface area contributed by atoms with Gasteiger partial charge in [0, 0.05) is 25.3 Å². The monoisotopic (exact) mass is 518 g/mol. The van der Waals surface area contributed by atoms with Crippen LogP contribution in [0.5, 0.6) is 11.5 Å². The highest BCUT2D eigenvalue weighted by molar-refractivity contribution is 6.00. The number of nitrogens with zero attached hydrogens (tertiary/aromatic N) is 1. The molecule has 5 rings (SSSR count). The van der Waals surface area contributed by atoms with Crippen LogP contribution in [0.2, 0.25) is 0 Å². The van der Waals surface area contributed by atoms with E-state index in [9.17, 15) is 8.78 Å². The molecule has 3 aromatic rings. The first-order chi connectivity index (χ1) is 18.6. The quantitative estimate of drug-likeness (QED) is 0.313. The van der Waals surface area contributed by atoms with Crippen LogP contribution in [0.3, 0.4) is 0 Å². The SMILES string of the molecule is CCOc1ccc(C2=C(c3ccc(OC4CCN(CCCF)C4)cc3)c3ccc(N)cc3CCC2)cc1F. The number of nitrogens with two attached hydrogens (primary N) is 1. The van der Waals surface area contributed by atoms with Crippen LogP contribution in [0, 0.1) is 5.82 Å². The average molecular weight is 519 g/mol. The fourth-order valence-corrected chi connectivity index (χ4v) is 5.66. The standard InChI is InChI=1S/C32H36F2N2O2/c1-2-37-31-14-9-24(20-30(31)34)28-6-3-5-23-19-25(35)10-13-29(23)32(28)22-7-11-26(12-8-22)38-27-15-18-36(21-27)17-4-16-33/h7-14,19-20,27H,2-6,15-18,21,35H2,1H3. The molecule has 2 N–H and O–H groups in total. The summed E-state index contributed by atoms with van der Waals surface area (Å²) in [5, 5.41) is 0. The Labute approximate surface area is 224 Å². The Kier molecular flexibility index (Phi) is 8.28. The zero-order valence-electron chi connectivity index (χ0n) is 22.0. The minimum absolute atomic E-state index is 0.114. The van der Waals surface area contributed by atoms with Crippen molar-refractivity contribution in [2.24, 2.45) is 0 Å². The first-order valence-electron chi connectivity index (χ1n) is 13.7. The number of benzene rings is 3. The second kappa shape index (κ2) is 12.0. The number of halogens is 2.